The molecule has 2 aromatic heterocycles. The van der Waals surface area contributed by atoms with Crippen LogP contribution >= 0.6 is 0 Å². The van der Waals surface area contributed by atoms with E-state index in [0.29, 0.717) is 5.89 Å². The van der Waals surface area contributed by atoms with Gasteiger partial charge in [-0.3, -0.25) is 0 Å². The fraction of sp³-hybridized carbons (Fsp3) is 0.250. The van der Waals surface area contributed by atoms with Crippen molar-refractivity contribution in [1.29, 1.82) is 0 Å². The van der Waals surface area contributed by atoms with Crippen LogP contribution in [0.3, 0.4) is 0 Å². The van der Waals surface area contributed by atoms with Gasteiger partial charge in [-0.25, -0.2) is 0 Å². The van der Waals surface area contributed by atoms with Crippen molar-refractivity contribution >= 4 is 0 Å². The second-order valence-corrected chi connectivity index (χ2v) is 3.10. The molecule has 2 aromatic rings. The first-order chi connectivity index (χ1) is 8.92. The predicted octanol–water partition coefficient (Wildman–Crippen LogP) is 0.0883. The lowest BCUT2D eigenvalue weighted by Crippen LogP contribution is -2.09. The summed E-state index contributed by atoms with van der Waals surface area (Å²) in [5.41, 5.74) is 0. The van der Waals surface area contributed by atoms with Gasteiger partial charge in [0.2, 0.25) is 5.89 Å². The largest absolute Gasteiger partial charge is 0.471 e. The van der Waals surface area contributed by atoms with Crippen molar-refractivity contribution in [2.75, 3.05) is 0 Å². The van der Waals surface area contributed by atoms with Gasteiger partial charge in [0.25, 0.3) is 12.1 Å². The molecule has 3 heterocycles. The first-order valence-electron chi connectivity index (χ1n) is 4.80. The third-order valence-corrected chi connectivity index (χ3v) is 1.98. The van der Waals surface area contributed by atoms with Gasteiger partial charge >= 0.3 is 11.2 Å². The summed E-state index contributed by atoms with van der Waals surface area (Å²) in [5, 5.41) is 13.6. The smallest absolute Gasteiger partial charge is 0.445 e. The molecule has 2 radical (unpaired) electrons. The van der Waals surface area contributed by atoms with E-state index in [4.69, 9.17) is 13.8 Å². The highest BCUT2D eigenvalue weighted by atomic mass is 16.8. The number of aromatic nitrogens is 4. The molecule has 0 aromatic carbocycles. The molecule has 0 aliphatic carbocycles. The van der Waals surface area contributed by atoms with Gasteiger partial charge in [0.05, 0.1) is 6.42 Å². The average molecular weight is 249 g/mol. The summed E-state index contributed by atoms with van der Waals surface area (Å²) in [4.78, 5) is 12.4. The number of rotatable bonds is 5. The molecule has 0 bridgehead atoms. The quantitative estimate of drug-likeness (QED) is 0.730. The maximum absolute atomic E-state index is 5.40. The van der Waals surface area contributed by atoms with Crippen molar-refractivity contribution in [3.63, 3.8) is 0 Å². The monoisotopic (exact) mass is 249 g/mol. The Hall–Kier alpha value is -2.78. The van der Waals surface area contributed by atoms with E-state index in [1.807, 2.05) is 0 Å². The number of hydrogen-bond donors (Lipinski definition) is 0. The van der Waals surface area contributed by atoms with Crippen LogP contribution in [0.1, 0.15) is 17.9 Å². The highest BCUT2D eigenvalue weighted by molar-refractivity contribution is 4.92. The number of nitrogens with zero attached hydrogens (tertiary/aromatic N) is 6. The molecular formula is C8H5N6O4+. The maximum atomic E-state index is 5.40. The first-order valence-corrected chi connectivity index (χ1v) is 4.80. The van der Waals surface area contributed by atoms with Gasteiger partial charge in [-0.2, -0.15) is 9.97 Å². The SMILES string of the molecule is [C]1=C(OC(Cc2ncno2)c2ncno2)O[N+]=N1. The third kappa shape index (κ3) is 2.16. The van der Waals surface area contributed by atoms with Crippen LogP contribution in [0, 0.1) is 6.20 Å². The molecule has 1 atom stereocenters. The van der Waals surface area contributed by atoms with E-state index in [0.717, 1.165) is 0 Å². The summed E-state index contributed by atoms with van der Waals surface area (Å²) in [6.45, 7) is 0. The van der Waals surface area contributed by atoms with Crippen molar-refractivity contribution < 1.29 is 18.6 Å². The summed E-state index contributed by atoms with van der Waals surface area (Å²) < 4.78 is 15.2. The third-order valence-electron chi connectivity index (χ3n) is 1.98. The molecule has 0 saturated carbocycles. The zero-order valence-electron chi connectivity index (χ0n) is 8.76. The van der Waals surface area contributed by atoms with Gasteiger partial charge in [-0.05, 0) is 0 Å². The molecule has 0 saturated heterocycles. The first kappa shape index (κ1) is 10.4. The molecule has 0 spiro atoms. The number of hydrogen-bond acceptors (Lipinski definition) is 10. The second kappa shape index (κ2) is 4.61. The van der Waals surface area contributed by atoms with Crippen molar-refractivity contribution in [2.24, 2.45) is 5.11 Å². The normalized spacial score (nSPS) is 15.2. The van der Waals surface area contributed by atoms with E-state index in [-0.39, 0.29) is 18.3 Å². The van der Waals surface area contributed by atoms with Gasteiger partial charge < -0.3 is 13.8 Å². The Morgan fingerprint density at radius 3 is 2.83 bits per heavy atom. The Morgan fingerprint density at radius 1 is 1.28 bits per heavy atom. The molecule has 18 heavy (non-hydrogen) atoms. The van der Waals surface area contributed by atoms with Crippen molar-refractivity contribution in [3.05, 3.63) is 36.6 Å². The molecule has 0 fully saturated rings. The average Bonchev–Trinajstić information content (AvgIpc) is 3.13. The second-order valence-electron chi connectivity index (χ2n) is 3.10. The zero-order chi connectivity index (χ0) is 12.2. The minimum atomic E-state index is -0.654. The van der Waals surface area contributed by atoms with Crippen LogP contribution < -0.4 is 5.28 Å². The van der Waals surface area contributed by atoms with Crippen LogP contribution in [0.15, 0.2) is 32.8 Å². The van der Waals surface area contributed by atoms with E-state index in [1.165, 1.54) is 12.7 Å². The highest BCUT2D eigenvalue weighted by Gasteiger charge is 2.28. The topological polar surface area (TPSA) is 123 Å². The number of ether oxygens (including phenoxy) is 1. The van der Waals surface area contributed by atoms with E-state index in [9.17, 15) is 0 Å². The summed E-state index contributed by atoms with van der Waals surface area (Å²) in [7, 11) is 0. The predicted molar refractivity (Wildman–Crippen MR) is 48.5 cm³/mol. The highest BCUT2D eigenvalue weighted by Crippen LogP contribution is 2.23. The minimum absolute atomic E-state index is 0.00212. The Balaban J connectivity index is 1.75. The lowest BCUT2D eigenvalue weighted by molar-refractivity contribution is -0.0350. The molecule has 3 rings (SSSR count). The van der Waals surface area contributed by atoms with E-state index in [1.54, 1.807) is 0 Å². The van der Waals surface area contributed by atoms with Gasteiger partial charge in [0.1, 0.15) is 5.11 Å². The van der Waals surface area contributed by atoms with Crippen LogP contribution in [0.4, 0.5) is 0 Å². The van der Waals surface area contributed by atoms with E-state index >= 15 is 0 Å². The van der Waals surface area contributed by atoms with Gasteiger partial charge in [-0.15, -0.1) is 4.84 Å². The van der Waals surface area contributed by atoms with Crippen LogP contribution in [0.5, 0.6) is 0 Å². The van der Waals surface area contributed by atoms with E-state index < -0.39 is 6.10 Å². The summed E-state index contributed by atoms with van der Waals surface area (Å²) >= 11 is 0. The fourth-order valence-corrected chi connectivity index (χ4v) is 1.26. The maximum Gasteiger partial charge on any atom is 0.471 e. The fourth-order valence-electron chi connectivity index (χ4n) is 1.26. The molecule has 0 amide bonds. The standard InChI is InChI=1S/C8H5N6O4/c1(6-9-3-12-16-6)5(8-10-4-13-18-8)15-7-2-11-14-17-7/h3-5H,1H2/q+1. The van der Waals surface area contributed by atoms with Crippen LogP contribution in [-0.4, -0.2) is 20.3 Å². The van der Waals surface area contributed by atoms with Gasteiger partial charge in [0, 0.05) is 0 Å². The van der Waals surface area contributed by atoms with Crippen molar-refractivity contribution in [1.82, 2.24) is 25.6 Å². The molecular weight excluding hydrogens is 244 g/mol. The van der Waals surface area contributed by atoms with Crippen LogP contribution in [0.25, 0.3) is 0 Å². The Bertz CT molecular complexity index is 548. The zero-order valence-corrected chi connectivity index (χ0v) is 8.76. The molecule has 10 nitrogen and oxygen atoms in total. The van der Waals surface area contributed by atoms with Crippen LogP contribution in [-0.2, 0) is 16.0 Å². The molecule has 10 heteroatoms. The minimum Gasteiger partial charge on any atom is -0.445 e. The lowest BCUT2D eigenvalue weighted by atomic mass is 10.2. The lowest BCUT2D eigenvalue weighted by Gasteiger charge is -2.09. The van der Waals surface area contributed by atoms with Crippen molar-refractivity contribution in [3.8, 4) is 0 Å². The van der Waals surface area contributed by atoms with Gasteiger partial charge in [0.15, 0.2) is 18.8 Å². The Morgan fingerprint density at radius 2 is 2.17 bits per heavy atom. The summed E-state index contributed by atoms with van der Waals surface area (Å²) in [5.74, 6) is 0.585. The molecule has 1 aliphatic rings. The molecule has 1 aliphatic heterocycles. The Labute approximate surface area is 99.3 Å². The van der Waals surface area contributed by atoms with Crippen molar-refractivity contribution in [2.45, 2.75) is 12.5 Å². The molecule has 1 unspecified atom stereocenters. The Kier molecular flexibility index (Phi) is 2.66. The van der Waals surface area contributed by atoms with Gasteiger partial charge in [-0.1, -0.05) is 10.3 Å². The summed E-state index contributed by atoms with van der Waals surface area (Å²) in [6.07, 6.45) is 4.51. The molecule has 90 valence electrons. The summed E-state index contributed by atoms with van der Waals surface area (Å²) in [6, 6.07) is 0. The van der Waals surface area contributed by atoms with E-state index in [2.05, 4.69) is 41.7 Å². The van der Waals surface area contributed by atoms with Crippen LogP contribution in [0.2, 0.25) is 0 Å². The molecule has 0 N–H and O–H groups in total.